The second-order valence-electron chi connectivity index (χ2n) is 6.27. The summed E-state index contributed by atoms with van der Waals surface area (Å²) in [5, 5.41) is 0. The van der Waals surface area contributed by atoms with Crippen LogP contribution in [0.5, 0.6) is 0 Å². The maximum atomic E-state index is 13.0. The number of fused-ring (bicyclic) bond motifs is 1. The van der Waals surface area contributed by atoms with Crippen molar-refractivity contribution in [2.45, 2.75) is 44.1 Å². The minimum absolute atomic E-state index is 0.322. The molecule has 0 spiro atoms. The van der Waals surface area contributed by atoms with Crippen molar-refractivity contribution in [3.63, 3.8) is 0 Å². The number of nitrogens with two attached hydrogens (primary N) is 1. The number of aromatic nitrogens is 1. The molecule has 1 aliphatic carbocycles. The third-order valence-electron chi connectivity index (χ3n) is 4.48. The van der Waals surface area contributed by atoms with Gasteiger partial charge in [-0.3, -0.25) is 4.98 Å². The maximum Gasteiger partial charge on any atom is 0.141 e. The van der Waals surface area contributed by atoms with Crippen LogP contribution in [-0.4, -0.2) is 4.98 Å². The Balaban J connectivity index is 1.84. The summed E-state index contributed by atoms with van der Waals surface area (Å²) in [6.07, 6.45) is 5.60. The zero-order chi connectivity index (χ0) is 14.9. The van der Waals surface area contributed by atoms with Crippen LogP contribution >= 0.6 is 0 Å². The predicted molar refractivity (Wildman–Crippen MR) is 82.5 cm³/mol. The lowest BCUT2D eigenvalue weighted by Crippen LogP contribution is -2.36. The van der Waals surface area contributed by atoms with E-state index in [1.54, 1.807) is 6.07 Å². The summed E-state index contributed by atoms with van der Waals surface area (Å²) in [6.45, 7) is 1.99. The fraction of sp³-hybridized carbons (Fsp3) is 0.389. The summed E-state index contributed by atoms with van der Waals surface area (Å²) >= 11 is 0. The second-order valence-corrected chi connectivity index (χ2v) is 6.27. The summed E-state index contributed by atoms with van der Waals surface area (Å²) < 4.78 is 13.0. The highest BCUT2D eigenvalue weighted by Crippen LogP contribution is 2.38. The first kappa shape index (κ1) is 14.2. The van der Waals surface area contributed by atoms with Gasteiger partial charge in [0, 0.05) is 0 Å². The average molecular weight is 284 g/mol. The summed E-state index contributed by atoms with van der Waals surface area (Å²) in [4.78, 5) is 4.17. The summed E-state index contributed by atoms with van der Waals surface area (Å²) in [5.74, 6) is 0.134. The molecule has 2 aromatic rings. The van der Waals surface area contributed by atoms with Crippen molar-refractivity contribution in [1.29, 1.82) is 0 Å². The molecule has 1 heterocycles. The second kappa shape index (κ2) is 5.57. The molecule has 0 saturated heterocycles. The third-order valence-corrected chi connectivity index (χ3v) is 4.48. The van der Waals surface area contributed by atoms with E-state index >= 15 is 0 Å². The van der Waals surface area contributed by atoms with E-state index < -0.39 is 5.54 Å². The first-order valence-corrected chi connectivity index (χ1v) is 7.55. The van der Waals surface area contributed by atoms with E-state index in [9.17, 15) is 4.39 Å². The van der Waals surface area contributed by atoms with E-state index in [0.29, 0.717) is 5.92 Å². The Kier molecular flexibility index (Phi) is 3.77. The Bertz CT molecular complexity index is 619. The molecule has 2 N–H and O–H groups in total. The molecule has 0 bridgehead atoms. The molecule has 2 atom stereocenters. The monoisotopic (exact) mass is 284 g/mol. The number of nitrogens with zero attached hydrogens (tertiary/aromatic N) is 1. The number of rotatable bonds is 3. The molecule has 0 fully saturated rings. The fourth-order valence-electron chi connectivity index (χ4n) is 3.40. The molecule has 1 aromatic heterocycles. The fourth-order valence-corrected chi connectivity index (χ4v) is 3.40. The largest absolute Gasteiger partial charge is 0.320 e. The molecule has 3 rings (SSSR count). The van der Waals surface area contributed by atoms with Crippen LogP contribution in [0.1, 0.15) is 48.9 Å². The van der Waals surface area contributed by atoms with E-state index in [-0.39, 0.29) is 5.82 Å². The van der Waals surface area contributed by atoms with Gasteiger partial charge < -0.3 is 5.73 Å². The van der Waals surface area contributed by atoms with Gasteiger partial charge in [0.1, 0.15) is 5.82 Å². The Hall–Kier alpha value is -1.74. The van der Waals surface area contributed by atoms with Crippen LogP contribution in [0.15, 0.2) is 42.6 Å². The van der Waals surface area contributed by atoms with Gasteiger partial charge in [-0.05, 0) is 61.8 Å². The van der Waals surface area contributed by atoms with E-state index in [1.807, 2.05) is 6.92 Å². The lowest BCUT2D eigenvalue weighted by atomic mass is 9.75. The van der Waals surface area contributed by atoms with Gasteiger partial charge in [0.25, 0.3) is 0 Å². The van der Waals surface area contributed by atoms with Crippen molar-refractivity contribution in [3.8, 4) is 0 Å². The number of benzene rings is 1. The zero-order valence-corrected chi connectivity index (χ0v) is 12.3. The molecular formula is C18H21FN2. The molecule has 1 aromatic carbocycles. The van der Waals surface area contributed by atoms with Crippen LogP contribution in [0.2, 0.25) is 0 Å². The Morgan fingerprint density at radius 2 is 2.10 bits per heavy atom. The highest BCUT2D eigenvalue weighted by molar-refractivity contribution is 5.33. The molecule has 0 saturated carbocycles. The van der Waals surface area contributed by atoms with Gasteiger partial charge >= 0.3 is 0 Å². The van der Waals surface area contributed by atoms with Crippen molar-refractivity contribution in [2.24, 2.45) is 5.73 Å². The van der Waals surface area contributed by atoms with Crippen LogP contribution in [0.3, 0.4) is 0 Å². The van der Waals surface area contributed by atoms with Crippen molar-refractivity contribution in [2.75, 3.05) is 0 Å². The van der Waals surface area contributed by atoms with Gasteiger partial charge in [-0.1, -0.05) is 24.3 Å². The van der Waals surface area contributed by atoms with Crippen molar-refractivity contribution >= 4 is 0 Å². The summed E-state index contributed by atoms with van der Waals surface area (Å²) in [5.41, 5.74) is 9.57. The first-order valence-electron chi connectivity index (χ1n) is 7.55. The Morgan fingerprint density at radius 1 is 1.29 bits per heavy atom. The molecular weight excluding hydrogens is 263 g/mol. The van der Waals surface area contributed by atoms with Crippen molar-refractivity contribution in [1.82, 2.24) is 4.98 Å². The topological polar surface area (TPSA) is 38.9 Å². The van der Waals surface area contributed by atoms with Gasteiger partial charge in [0.2, 0.25) is 0 Å². The smallest absolute Gasteiger partial charge is 0.141 e. The normalized spacial score (nSPS) is 20.6. The molecule has 0 amide bonds. The number of pyridine rings is 1. The minimum Gasteiger partial charge on any atom is -0.320 e. The minimum atomic E-state index is -0.539. The molecule has 0 aliphatic heterocycles. The summed E-state index contributed by atoms with van der Waals surface area (Å²) in [6, 6.07) is 11.8. The van der Waals surface area contributed by atoms with Gasteiger partial charge in [0.05, 0.1) is 17.4 Å². The lowest BCUT2D eigenvalue weighted by Gasteiger charge is -2.33. The van der Waals surface area contributed by atoms with E-state index in [4.69, 9.17) is 5.73 Å². The zero-order valence-electron chi connectivity index (χ0n) is 12.3. The molecule has 21 heavy (non-hydrogen) atoms. The van der Waals surface area contributed by atoms with Gasteiger partial charge in [-0.25, -0.2) is 4.39 Å². The summed E-state index contributed by atoms with van der Waals surface area (Å²) in [7, 11) is 0. The van der Waals surface area contributed by atoms with Crippen LogP contribution in [0.25, 0.3) is 0 Å². The van der Waals surface area contributed by atoms with Crippen LogP contribution in [-0.2, 0) is 12.0 Å². The highest BCUT2D eigenvalue weighted by atomic mass is 19.1. The van der Waals surface area contributed by atoms with E-state index in [2.05, 4.69) is 29.2 Å². The molecule has 1 aliphatic rings. The maximum absolute atomic E-state index is 13.0. The predicted octanol–water partition coefficient (Wildman–Crippen LogP) is 3.90. The standard InChI is InChI=1S/C18H21FN2/c1-18(20,17-10-9-15(19)12-21-17)11-14-7-4-6-13-5-2-3-8-16(13)14/h2-3,5,8-10,12,14H,4,6-7,11,20H2,1H3. The van der Waals surface area contributed by atoms with Gasteiger partial charge in [-0.2, -0.15) is 0 Å². The number of aryl methyl sites for hydroxylation is 1. The first-order chi connectivity index (χ1) is 10.1. The molecule has 110 valence electrons. The highest BCUT2D eigenvalue weighted by Gasteiger charge is 2.30. The SMILES string of the molecule is CC(N)(CC1CCCc2ccccc21)c1ccc(F)cn1. The number of hydrogen-bond donors (Lipinski definition) is 1. The number of halogens is 1. The van der Waals surface area contributed by atoms with E-state index in [1.165, 1.54) is 29.8 Å². The Labute approximate surface area is 125 Å². The quantitative estimate of drug-likeness (QED) is 0.928. The Morgan fingerprint density at radius 3 is 2.86 bits per heavy atom. The molecule has 3 heteroatoms. The number of hydrogen-bond acceptors (Lipinski definition) is 2. The van der Waals surface area contributed by atoms with Crippen LogP contribution < -0.4 is 5.73 Å². The molecule has 0 radical (unpaired) electrons. The lowest BCUT2D eigenvalue weighted by molar-refractivity contribution is 0.367. The van der Waals surface area contributed by atoms with Crippen molar-refractivity contribution in [3.05, 3.63) is 65.2 Å². The third kappa shape index (κ3) is 2.98. The van der Waals surface area contributed by atoms with E-state index in [0.717, 1.165) is 25.0 Å². The van der Waals surface area contributed by atoms with Gasteiger partial charge in [-0.15, -0.1) is 0 Å². The van der Waals surface area contributed by atoms with Crippen LogP contribution in [0.4, 0.5) is 4.39 Å². The van der Waals surface area contributed by atoms with Gasteiger partial charge in [0.15, 0.2) is 0 Å². The molecule has 2 nitrogen and oxygen atoms in total. The molecule has 2 unspecified atom stereocenters. The van der Waals surface area contributed by atoms with Crippen molar-refractivity contribution < 1.29 is 4.39 Å². The average Bonchev–Trinajstić information content (AvgIpc) is 2.48. The van der Waals surface area contributed by atoms with Crippen LogP contribution in [0, 0.1) is 5.82 Å².